The molecule has 0 unspecified atom stereocenters. The number of nitrogens with one attached hydrogen (secondary N) is 1. The Bertz CT molecular complexity index is 1580. The third kappa shape index (κ3) is 3.58. The summed E-state index contributed by atoms with van der Waals surface area (Å²) in [5.74, 6) is -1.13. The fourth-order valence-electron chi connectivity index (χ4n) is 3.55. The van der Waals surface area contributed by atoms with Crippen molar-refractivity contribution in [2.24, 2.45) is 0 Å². The zero-order valence-electron chi connectivity index (χ0n) is 17.5. The van der Waals surface area contributed by atoms with E-state index in [9.17, 15) is 14.4 Å². The van der Waals surface area contributed by atoms with Crippen LogP contribution in [-0.4, -0.2) is 24.0 Å². The van der Waals surface area contributed by atoms with E-state index < -0.39 is 17.5 Å². The highest BCUT2D eigenvalue weighted by atomic mass is 32.1. The Hall–Kier alpha value is -4.24. The molecule has 3 heterocycles. The molecule has 0 fully saturated rings. The Morgan fingerprint density at radius 3 is 2.61 bits per heavy atom. The average Bonchev–Trinajstić information content (AvgIpc) is 3.38. The molecule has 0 saturated carbocycles. The average molecular weight is 460 g/mol. The van der Waals surface area contributed by atoms with Crippen molar-refractivity contribution in [3.8, 4) is 10.6 Å². The highest BCUT2D eigenvalue weighted by molar-refractivity contribution is 7.21. The van der Waals surface area contributed by atoms with Gasteiger partial charge in [-0.3, -0.25) is 10.1 Å². The van der Waals surface area contributed by atoms with Gasteiger partial charge in [0, 0.05) is 5.39 Å². The van der Waals surface area contributed by atoms with Crippen LogP contribution in [-0.2, 0) is 4.74 Å². The molecule has 2 aromatic carbocycles. The molecule has 164 valence electrons. The van der Waals surface area contributed by atoms with Gasteiger partial charge in [-0.25, -0.2) is 14.6 Å². The zero-order valence-corrected chi connectivity index (χ0v) is 18.3. The van der Waals surface area contributed by atoms with Gasteiger partial charge in [0.2, 0.25) is 5.88 Å². The Labute approximate surface area is 190 Å². The number of benzene rings is 2. The summed E-state index contributed by atoms with van der Waals surface area (Å²) >= 11 is 1.34. The molecule has 0 spiro atoms. The smallest absolute Gasteiger partial charge is 0.349 e. The van der Waals surface area contributed by atoms with Crippen LogP contribution >= 0.6 is 11.3 Å². The van der Waals surface area contributed by atoms with Gasteiger partial charge < -0.3 is 13.6 Å². The molecule has 33 heavy (non-hydrogen) atoms. The second-order valence-corrected chi connectivity index (χ2v) is 8.19. The number of aromatic nitrogens is 1. The fourth-order valence-corrected chi connectivity index (χ4v) is 4.57. The van der Waals surface area contributed by atoms with Crippen LogP contribution in [0, 0.1) is 6.92 Å². The van der Waals surface area contributed by atoms with Gasteiger partial charge in [0.05, 0.1) is 22.9 Å². The number of aryl methyl sites for hydroxylation is 1. The van der Waals surface area contributed by atoms with Crippen molar-refractivity contribution in [3.05, 3.63) is 81.9 Å². The standard InChI is InChI=1S/C24H16N2O6S/c1-12-18(24(29)30-2)19(22-25-15-8-4-6-10-17(15)33-22)21(31-12)26-20(27)14-11-13-7-3-5-9-16(13)32-23(14)28/h3-11H,1-2H3,(H,26,27). The Kier molecular flexibility index (Phi) is 5.02. The summed E-state index contributed by atoms with van der Waals surface area (Å²) in [4.78, 5) is 42.6. The van der Waals surface area contributed by atoms with E-state index in [1.165, 1.54) is 24.5 Å². The van der Waals surface area contributed by atoms with Gasteiger partial charge in [0.15, 0.2) is 0 Å². The first-order valence-electron chi connectivity index (χ1n) is 9.88. The monoisotopic (exact) mass is 460 g/mol. The number of nitrogens with zero attached hydrogens (tertiary/aromatic N) is 1. The van der Waals surface area contributed by atoms with E-state index >= 15 is 0 Å². The number of anilines is 1. The number of esters is 1. The largest absolute Gasteiger partial charge is 0.465 e. The second kappa shape index (κ2) is 8.03. The maximum atomic E-state index is 13.0. The lowest BCUT2D eigenvalue weighted by Gasteiger charge is -2.05. The van der Waals surface area contributed by atoms with E-state index in [0.29, 0.717) is 21.5 Å². The summed E-state index contributed by atoms with van der Waals surface area (Å²) < 4.78 is 16.8. The van der Waals surface area contributed by atoms with E-state index in [2.05, 4.69) is 10.3 Å². The minimum atomic E-state index is -0.788. The molecular weight excluding hydrogens is 444 g/mol. The SMILES string of the molecule is COC(=O)c1c(C)oc(NC(=O)c2cc3ccccc3oc2=O)c1-c1nc2ccccc2s1. The number of fused-ring (bicyclic) bond motifs is 2. The minimum absolute atomic E-state index is 0.00971. The molecule has 0 atom stereocenters. The molecule has 3 aromatic heterocycles. The van der Waals surface area contributed by atoms with E-state index in [0.717, 1.165) is 10.2 Å². The first-order chi connectivity index (χ1) is 16.0. The van der Waals surface area contributed by atoms with Crippen LogP contribution in [0.1, 0.15) is 26.5 Å². The van der Waals surface area contributed by atoms with Crippen LogP contribution in [0.25, 0.3) is 31.8 Å². The van der Waals surface area contributed by atoms with Gasteiger partial charge in [0.1, 0.15) is 27.5 Å². The predicted octanol–water partition coefficient (Wildman–Crippen LogP) is 5.01. The number of para-hydroxylation sites is 2. The molecule has 1 N–H and O–H groups in total. The normalized spacial score (nSPS) is 11.1. The van der Waals surface area contributed by atoms with Crippen molar-refractivity contribution in [3.63, 3.8) is 0 Å². The molecule has 0 radical (unpaired) electrons. The highest BCUT2D eigenvalue weighted by Gasteiger charge is 2.29. The van der Waals surface area contributed by atoms with Gasteiger partial charge >= 0.3 is 11.6 Å². The Balaban J connectivity index is 1.63. The zero-order chi connectivity index (χ0) is 23.1. The number of rotatable bonds is 4. The summed E-state index contributed by atoms with van der Waals surface area (Å²) in [6.07, 6.45) is 0. The van der Waals surface area contributed by atoms with E-state index in [-0.39, 0.29) is 22.8 Å². The molecule has 5 rings (SSSR count). The summed E-state index contributed by atoms with van der Waals surface area (Å²) in [6, 6.07) is 15.8. The molecule has 8 nitrogen and oxygen atoms in total. The van der Waals surface area contributed by atoms with Crippen molar-refractivity contribution >= 4 is 50.3 Å². The molecule has 5 aromatic rings. The number of hydrogen-bond donors (Lipinski definition) is 1. The number of carbonyl (C=O) groups excluding carboxylic acids is 2. The maximum absolute atomic E-state index is 13.0. The number of carbonyl (C=O) groups is 2. The minimum Gasteiger partial charge on any atom is -0.465 e. The van der Waals surface area contributed by atoms with Gasteiger partial charge in [-0.15, -0.1) is 11.3 Å². The number of methoxy groups -OCH3 is 1. The van der Waals surface area contributed by atoms with Gasteiger partial charge in [-0.05, 0) is 31.2 Å². The summed E-state index contributed by atoms with van der Waals surface area (Å²) in [7, 11) is 1.26. The van der Waals surface area contributed by atoms with Crippen molar-refractivity contribution in [2.75, 3.05) is 12.4 Å². The molecule has 0 bridgehead atoms. The third-order valence-corrected chi connectivity index (χ3v) is 6.15. The number of thiazole rings is 1. The van der Waals surface area contributed by atoms with Crippen molar-refractivity contribution in [2.45, 2.75) is 6.92 Å². The lowest BCUT2D eigenvalue weighted by atomic mass is 10.1. The lowest BCUT2D eigenvalue weighted by Crippen LogP contribution is -2.20. The van der Waals surface area contributed by atoms with Crippen LogP contribution < -0.4 is 10.9 Å². The van der Waals surface area contributed by atoms with Crippen LogP contribution in [0.3, 0.4) is 0 Å². The van der Waals surface area contributed by atoms with Crippen LogP contribution in [0.4, 0.5) is 5.88 Å². The summed E-state index contributed by atoms with van der Waals surface area (Å²) in [5, 5.41) is 3.67. The first-order valence-corrected chi connectivity index (χ1v) is 10.7. The maximum Gasteiger partial charge on any atom is 0.349 e. The number of amides is 1. The topological polar surface area (TPSA) is 112 Å². The lowest BCUT2D eigenvalue weighted by molar-refractivity contribution is 0.0599. The fraction of sp³-hybridized carbons (Fsp3) is 0.0833. The summed E-state index contributed by atoms with van der Waals surface area (Å²) in [6.45, 7) is 1.59. The van der Waals surface area contributed by atoms with Crippen molar-refractivity contribution in [1.29, 1.82) is 0 Å². The molecule has 9 heteroatoms. The Morgan fingerprint density at radius 1 is 1.06 bits per heavy atom. The molecule has 0 aliphatic rings. The van der Waals surface area contributed by atoms with Crippen molar-refractivity contribution in [1.82, 2.24) is 4.98 Å². The molecule has 1 amide bonds. The third-order valence-electron chi connectivity index (χ3n) is 5.09. The van der Waals surface area contributed by atoms with E-state index in [1.54, 1.807) is 31.2 Å². The van der Waals surface area contributed by atoms with Gasteiger partial charge in [0.25, 0.3) is 5.91 Å². The number of hydrogen-bond acceptors (Lipinski definition) is 8. The second-order valence-electron chi connectivity index (χ2n) is 7.16. The first kappa shape index (κ1) is 20.7. The van der Waals surface area contributed by atoms with Crippen molar-refractivity contribution < 1.29 is 23.2 Å². The van der Waals surface area contributed by atoms with Crippen LogP contribution in [0.5, 0.6) is 0 Å². The van der Waals surface area contributed by atoms with E-state index in [4.69, 9.17) is 13.6 Å². The number of ether oxygens (including phenoxy) is 1. The quantitative estimate of drug-likeness (QED) is 0.296. The highest BCUT2D eigenvalue weighted by Crippen LogP contribution is 2.40. The number of furan rings is 1. The van der Waals surface area contributed by atoms with E-state index in [1.807, 2.05) is 24.3 Å². The Morgan fingerprint density at radius 2 is 1.82 bits per heavy atom. The molecular formula is C24H16N2O6S. The molecule has 0 saturated heterocycles. The molecule has 0 aliphatic carbocycles. The predicted molar refractivity (Wildman–Crippen MR) is 124 cm³/mol. The van der Waals surface area contributed by atoms with Gasteiger partial charge in [-0.2, -0.15) is 0 Å². The summed E-state index contributed by atoms with van der Waals surface area (Å²) in [5.41, 5.74) is 0.564. The van der Waals surface area contributed by atoms with Crippen LogP contribution in [0.2, 0.25) is 0 Å². The van der Waals surface area contributed by atoms with Gasteiger partial charge in [-0.1, -0.05) is 30.3 Å². The molecule has 0 aliphatic heterocycles. The van der Waals surface area contributed by atoms with Crippen LogP contribution in [0.15, 0.2) is 68.2 Å².